The van der Waals surface area contributed by atoms with E-state index in [0.717, 1.165) is 5.56 Å². The molecule has 7 heteroatoms. The minimum absolute atomic E-state index is 0.0772. The van der Waals surface area contributed by atoms with Gasteiger partial charge in [-0.3, -0.25) is 0 Å². The molecular weight excluding hydrogens is 327 g/mol. The average Bonchev–Trinajstić information content (AvgIpc) is 3.09. The molecule has 0 aliphatic heterocycles. The second-order valence-corrected chi connectivity index (χ2v) is 5.19. The van der Waals surface area contributed by atoms with Crippen molar-refractivity contribution in [2.45, 2.75) is 13.2 Å². The Morgan fingerprint density at radius 1 is 1.12 bits per heavy atom. The molecule has 0 aliphatic rings. The van der Waals surface area contributed by atoms with Gasteiger partial charge in [0.05, 0.1) is 0 Å². The summed E-state index contributed by atoms with van der Waals surface area (Å²) in [5, 5.41) is 3.90. The van der Waals surface area contributed by atoms with E-state index in [-0.39, 0.29) is 19.0 Å². The number of carbonyl (C=O) groups is 1. The summed E-state index contributed by atoms with van der Waals surface area (Å²) in [4.78, 5) is 10.6. The molecule has 128 valence electrons. The molecule has 0 spiro atoms. The van der Waals surface area contributed by atoms with Crippen LogP contribution < -0.4 is 10.5 Å². The molecule has 3 rings (SSSR count). The second-order valence-electron chi connectivity index (χ2n) is 5.19. The summed E-state index contributed by atoms with van der Waals surface area (Å²) in [6, 6.07) is 15.2. The number of halogens is 1. The normalized spacial score (nSPS) is 10.4. The molecule has 0 unspecified atom stereocenters. The zero-order valence-corrected chi connectivity index (χ0v) is 13.1. The Labute approximate surface area is 142 Å². The van der Waals surface area contributed by atoms with E-state index in [1.54, 1.807) is 48.5 Å². The van der Waals surface area contributed by atoms with Gasteiger partial charge in [0.1, 0.15) is 23.9 Å². The van der Waals surface area contributed by atoms with Crippen LogP contribution in [0, 0.1) is 5.82 Å². The van der Waals surface area contributed by atoms with Crippen molar-refractivity contribution in [2.75, 3.05) is 0 Å². The lowest BCUT2D eigenvalue weighted by Crippen LogP contribution is -2.12. The summed E-state index contributed by atoms with van der Waals surface area (Å²) in [6.07, 6.45) is -0.880. The first-order valence-electron chi connectivity index (χ1n) is 7.46. The zero-order valence-electron chi connectivity index (χ0n) is 13.1. The molecule has 0 atom stereocenters. The lowest BCUT2D eigenvalue weighted by atomic mass is 10.1. The number of aromatic nitrogens is 1. The maximum absolute atomic E-state index is 13.6. The SMILES string of the molecule is NC(=O)OCc1cc(-c2ccc(OCc3ccccc3F)cc2)no1. The van der Waals surface area contributed by atoms with Crippen LogP contribution in [-0.2, 0) is 18.0 Å². The van der Waals surface area contributed by atoms with Crippen molar-refractivity contribution < 1.29 is 23.2 Å². The van der Waals surface area contributed by atoms with E-state index >= 15 is 0 Å². The summed E-state index contributed by atoms with van der Waals surface area (Å²) in [7, 11) is 0. The number of primary amides is 1. The van der Waals surface area contributed by atoms with E-state index in [4.69, 9.17) is 15.0 Å². The molecule has 0 saturated heterocycles. The lowest BCUT2D eigenvalue weighted by molar-refractivity contribution is 0.137. The highest BCUT2D eigenvalue weighted by Gasteiger charge is 2.08. The molecule has 1 amide bonds. The first-order valence-corrected chi connectivity index (χ1v) is 7.46. The van der Waals surface area contributed by atoms with Crippen LogP contribution in [0.2, 0.25) is 0 Å². The summed E-state index contributed by atoms with van der Waals surface area (Å²) < 4.78 is 28.8. The second kappa shape index (κ2) is 7.48. The number of rotatable bonds is 6. The predicted molar refractivity (Wildman–Crippen MR) is 87.0 cm³/mol. The Morgan fingerprint density at radius 2 is 1.88 bits per heavy atom. The Balaban J connectivity index is 1.62. The third-order valence-corrected chi connectivity index (χ3v) is 3.42. The van der Waals surface area contributed by atoms with Crippen LogP contribution in [0.1, 0.15) is 11.3 Å². The van der Waals surface area contributed by atoms with Crippen molar-refractivity contribution in [3.8, 4) is 17.0 Å². The minimum Gasteiger partial charge on any atom is -0.489 e. The Bertz CT molecular complexity index is 862. The van der Waals surface area contributed by atoms with E-state index in [2.05, 4.69) is 9.89 Å². The highest BCUT2D eigenvalue weighted by molar-refractivity contribution is 5.64. The van der Waals surface area contributed by atoms with Crippen molar-refractivity contribution in [1.82, 2.24) is 5.16 Å². The van der Waals surface area contributed by atoms with E-state index in [1.165, 1.54) is 6.07 Å². The maximum Gasteiger partial charge on any atom is 0.404 e. The highest BCUT2D eigenvalue weighted by Crippen LogP contribution is 2.23. The van der Waals surface area contributed by atoms with Gasteiger partial charge in [-0.2, -0.15) is 0 Å². The molecule has 2 N–H and O–H groups in total. The van der Waals surface area contributed by atoms with Crippen LogP contribution in [0.25, 0.3) is 11.3 Å². The average molecular weight is 342 g/mol. The lowest BCUT2D eigenvalue weighted by Gasteiger charge is -2.07. The van der Waals surface area contributed by atoms with Gasteiger partial charge < -0.3 is 19.7 Å². The van der Waals surface area contributed by atoms with Crippen LogP contribution in [0.4, 0.5) is 9.18 Å². The quantitative estimate of drug-likeness (QED) is 0.739. The largest absolute Gasteiger partial charge is 0.489 e. The standard InChI is InChI=1S/C18H15FN2O4/c19-16-4-2-1-3-13(16)10-23-14-7-5-12(6-8-14)17-9-15(25-21-17)11-24-18(20)22/h1-9H,10-11H2,(H2,20,22). The molecule has 2 aromatic carbocycles. The molecule has 6 nitrogen and oxygen atoms in total. The summed E-state index contributed by atoms with van der Waals surface area (Å²) in [5.41, 5.74) is 6.77. The first kappa shape index (κ1) is 16.5. The Morgan fingerprint density at radius 3 is 2.60 bits per heavy atom. The van der Waals surface area contributed by atoms with Crippen molar-refractivity contribution in [2.24, 2.45) is 5.73 Å². The summed E-state index contributed by atoms with van der Waals surface area (Å²) in [6.45, 7) is 0.0662. The van der Waals surface area contributed by atoms with Gasteiger partial charge in [-0.05, 0) is 30.3 Å². The topological polar surface area (TPSA) is 87.6 Å². The van der Waals surface area contributed by atoms with E-state index in [0.29, 0.717) is 22.8 Å². The van der Waals surface area contributed by atoms with Crippen LogP contribution in [0.15, 0.2) is 59.1 Å². The maximum atomic E-state index is 13.6. The van der Waals surface area contributed by atoms with E-state index < -0.39 is 6.09 Å². The predicted octanol–water partition coefficient (Wildman–Crippen LogP) is 3.66. The molecule has 25 heavy (non-hydrogen) atoms. The number of nitrogens with zero attached hydrogens (tertiary/aromatic N) is 1. The van der Waals surface area contributed by atoms with Gasteiger partial charge in [-0.1, -0.05) is 23.4 Å². The Kier molecular flexibility index (Phi) is 4.94. The van der Waals surface area contributed by atoms with E-state index in [9.17, 15) is 9.18 Å². The van der Waals surface area contributed by atoms with Gasteiger partial charge in [-0.25, -0.2) is 9.18 Å². The fraction of sp³-hybridized carbons (Fsp3) is 0.111. The van der Waals surface area contributed by atoms with Crippen LogP contribution in [0.3, 0.4) is 0 Å². The number of benzene rings is 2. The number of hydrogen-bond acceptors (Lipinski definition) is 5. The van der Waals surface area contributed by atoms with Crippen molar-refractivity contribution in [3.05, 3.63) is 71.7 Å². The monoisotopic (exact) mass is 342 g/mol. The molecule has 0 aliphatic carbocycles. The number of nitrogens with two attached hydrogens (primary N) is 1. The van der Waals surface area contributed by atoms with Crippen LogP contribution in [-0.4, -0.2) is 11.2 Å². The van der Waals surface area contributed by atoms with Gasteiger partial charge in [0.15, 0.2) is 12.4 Å². The van der Waals surface area contributed by atoms with Gasteiger partial charge >= 0.3 is 6.09 Å². The first-order chi connectivity index (χ1) is 12.1. The molecule has 0 saturated carbocycles. The molecule has 3 aromatic rings. The third-order valence-electron chi connectivity index (χ3n) is 3.42. The molecule has 0 fully saturated rings. The fourth-order valence-electron chi connectivity index (χ4n) is 2.16. The number of ether oxygens (including phenoxy) is 2. The molecule has 1 heterocycles. The van der Waals surface area contributed by atoms with Crippen LogP contribution >= 0.6 is 0 Å². The molecule has 0 bridgehead atoms. The highest BCUT2D eigenvalue weighted by atomic mass is 19.1. The van der Waals surface area contributed by atoms with E-state index in [1.807, 2.05) is 0 Å². The Hall–Kier alpha value is -3.35. The molecule has 1 aromatic heterocycles. The van der Waals surface area contributed by atoms with Gasteiger partial charge in [0.25, 0.3) is 0 Å². The number of amides is 1. The minimum atomic E-state index is -0.880. The zero-order chi connectivity index (χ0) is 17.6. The third kappa shape index (κ3) is 4.35. The van der Waals surface area contributed by atoms with Crippen molar-refractivity contribution in [1.29, 1.82) is 0 Å². The van der Waals surface area contributed by atoms with Gasteiger partial charge in [0.2, 0.25) is 0 Å². The molecular formula is C18H15FN2O4. The smallest absolute Gasteiger partial charge is 0.404 e. The van der Waals surface area contributed by atoms with Crippen molar-refractivity contribution >= 4 is 6.09 Å². The van der Waals surface area contributed by atoms with Gasteiger partial charge in [-0.15, -0.1) is 0 Å². The number of carbonyl (C=O) groups excluding carboxylic acids is 1. The summed E-state index contributed by atoms with van der Waals surface area (Å²) in [5.74, 6) is 0.689. The van der Waals surface area contributed by atoms with Crippen molar-refractivity contribution in [3.63, 3.8) is 0 Å². The molecule has 0 radical (unpaired) electrons. The fourth-order valence-corrected chi connectivity index (χ4v) is 2.16. The summed E-state index contributed by atoms with van der Waals surface area (Å²) >= 11 is 0. The van der Waals surface area contributed by atoms with Gasteiger partial charge in [0, 0.05) is 17.2 Å². The van der Waals surface area contributed by atoms with Crippen LogP contribution in [0.5, 0.6) is 5.75 Å². The number of hydrogen-bond donors (Lipinski definition) is 1.